The van der Waals surface area contributed by atoms with E-state index in [9.17, 15) is 4.79 Å². The predicted octanol–water partition coefficient (Wildman–Crippen LogP) is 1.36. The molecule has 100 valence electrons. The van der Waals surface area contributed by atoms with E-state index in [1.165, 1.54) is 0 Å². The highest BCUT2D eigenvalue weighted by Crippen LogP contribution is 2.34. The Morgan fingerprint density at radius 1 is 1.33 bits per heavy atom. The first-order chi connectivity index (χ1) is 8.08. The molecule has 1 aromatic rings. The number of nitrogens with one attached hydrogen (secondary N) is 1. The second kappa shape index (κ2) is 5.93. The molecule has 1 amide bonds. The maximum Gasteiger partial charge on any atom is 0.237 e. The van der Waals surface area contributed by atoms with Crippen molar-refractivity contribution in [1.29, 1.82) is 0 Å². The maximum absolute atomic E-state index is 11.5. The first-order valence-corrected chi connectivity index (χ1v) is 5.53. The summed E-state index contributed by atoms with van der Waals surface area (Å²) in [6, 6.07) is 5.00. The fourth-order valence-corrected chi connectivity index (χ4v) is 1.61. The van der Waals surface area contributed by atoms with Gasteiger partial charge in [-0.1, -0.05) is 6.07 Å². The van der Waals surface area contributed by atoms with E-state index >= 15 is 0 Å². The lowest BCUT2D eigenvalue weighted by Gasteiger charge is -2.16. The van der Waals surface area contributed by atoms with Gasteiger partial charge in [0, 0.05) is 0 Å². The highest BCUT2D eigenvalue weighted by atomic mass is 35.5. The molecule has 18 heavy (non-hydrogen) atoms. The molecule has 0 radical (unpaired) electrons. The van der Waals surface area contributed by atoms with E-state index in [1.54, 1.807) is 6.92 Å². The van der Waals surface area contributed by atoms with Crippen molar-refractivity contribution < 1.29 is 14.3 Å². The van der Waals surface area contributed by atoms with Crippen molar-refractivity contribution in [3.63, 3.8) is 0 Å². The molecule has 0 spiro atoms. The number of rotatable bonds is 3. The summed E-state index contributed by atoms with van der Waals surface area (Å²) in [6.45, 7) is 3.80. The van der Waals surface area contributed by atoms with Crippen molar-refractivity contribution >= 4 is 18.3 Å². The number of hydrogen-bond acceptors (Lipinski definition) is 4. The summed E-state index contributed by atoms with van der Waals surface area (Å²) in [5.74, 6) is 1.28. The molecule has 2 rings (SSSR count). The molecule has 0 aliphatic carbocycles. The lowest BCUT2D eigenvalue weighted by molar-refractivity contribution is -0.122. The molecule has 0 bridgehead atoms. The largest absolute Gasteiger partial charge is 0.454 e. The second-order valence-electron chi connectivity index (χ2n) is 4.13. The third kappa shape index (κ3) is 3.05. The topological polar surface area (TPSA) is 73.6 Å². The Balaban J connectivity index is 0.00000162. The van der Waals surface area contributed by atoms with Crippen molar-refractivity contribution in [2.45, 2.75) is 25.9 Å². The van der Waals surface area contributed by atoms with Crippen molar-refractivity contribution in [3.8, 4) is 11.5 Å². The number of carbonyl (C=O) groups excluding carboxylic acids is 1. The molecular weight excluding hydrogens is 256 g/mol. The van der Waals surface area contributed by atoms with Gasteiger partial charge in [0.05, 0.1) is 12.1 Å². The minimum absolute atomic E-state index is 0. The van der Waals surface area contributed by atoms with Crippen LogP contribution in [0.1, 0.15) is 25.5 Å². The zero-order chi connectivity index (χ0) is 12.4. The number of amides is 1. The summed E-state index contributed by atoms with van der Waals surface area (Å²) >= 11 is 0. The average molecular weight is 273 g/mol. The van der Waals surface area contributed by atoms with E-state index in [0.29, 0.717) is 5.75 Å². The lowest BCUT2D eigenvalue weighted by atomic mass is 10.1. The van der Waals surface area contributed by atoms with Crippen molar-refractivity contribution in [1.82, 2.24) is 5.32 Å². The summed E-state index contributed by atoms with van der Waals surface area (Å²) in [4.78, 5) is 11.5. The van der Waals surface area contributed by atoms with Crippen molar-refractivity contribution in [2.24, 2.45) is 5.73 Å². The summed E-state index contributed by atoms with van der Waals surface area (Å²) in [5, 5.41) is 2.83. The Morgan fingerprint density at radius 3 is 2.67 bits per heavy atom. The maximum atomic E-state index is 11.5. The van der Waals surface area contributed by atoms with Gasteiger partial charge in [-0.2, -0.15) is 0 Å². The van der Waals surface area contributed by atoms with Crippen molar-refractivity contribution in [3.05, 3.63) is 23.8 Å². The molecule has 0 saturated carbocycles. The molecule has 2 unspecified atom stereocenters. The number of benzene rings is 1. The van der Waals surface area contributed by atoms with Crippen LogP contribution in [0.25, 0.3) is 0 Å². The Bertz CT molecular complexity index is 437. The molecule has 1 aliphatic rings. The number of fused-ring (bicyclic) bond motifs is 1. The van der Waals surface area contributed by atoms with Gasteiger partial charge >= 0.3 is 0 Å². The van der Waals surface area contributed by atoms with E-state index in [2.05, 4.69) is 5.32 Å². The third-order valence-corrected chi connectivity index (χ3v) is 2.67. The van der Waals surface area contributed by atoms with Gasteiger partial charge in [0.15, 0.2) is 11.5 Å². The van der Waals surface area contributed by atoms with E-state index in [1.807, 2.05) is 25.1 Å². The Morgan fingerprint density at radius 2 is 2.00 bits per heavy atom. The molecule has 2 atom stereocenters. The molecule has 1 aliphatic heterocycles. The lowest BCUT2D eigenvalue weighted by Crippen LogP contribution is -2.39. The number of nitrogens with two attached hydrogens (primary N) is 1. The van der Waals surface area contributed by atoms with Crippen LogP contribution in [0.4, 0.5) is 0 Å². The molecule has 1 heterocycles. The van der Waals surface area contributed by atoms with Crippen LogP contribution in [0.15, 0.2) is 18.2 Å². The monoisotopic (exact) mass is 272 g/mol. The van der Waals surface area contributed by atoms with E-state index < -0.39 is 6.04 Å². The number of halogens is 1. The molecular formula is C12H17ClN2O3. The van der Waals surface area contributed by atoms with Crippen LogP contribution in [0.5, 0.6) is 11.5 Å². The first kappa shape index (κ1) is 14.6. The highest BCUT2D eigenvalue weighted by Gasteiger charge is 2.17. The van der Waals surface area contributed by atoms with Crippen LogP contribution in [0.2, 0.25) is 0 Å². The van der Waals surface area contributed by atoms with Gasteiger partial charge in [-0.05, 0) is 31.5 Å². The predicted molar refractivity (Wildman–Crippen MR) is 70.0 cm³/mol. The molecule has 1 aromatic carbocycles. The summed E-state index contributed by atoms with van der Waals surface area (Å²) in [7, 11) is 0. The fourth-order valence-electron chi connectivity index (χ4n) is 1.61. The van der Waals surface area contributed by atoms with Gasteiger partial charge in [-0.15, -0.1) is 12.4 Å². The summed E-state index contributed by atoms with van der Waals surface area (Å²) in [6.07, 6.45) is 0. The second-order valence-corrected chi connectivity index (χ2v) is 4.13. The smallest absolute Gasteiger partial charge is 0.237 e. The van der Waals surface area contributed by atoms with Crippen LogP contribution in [0.3, 0.4) is 0 Å². The molecule has 6 heteroatoms. The number of ether oxygens (including phenoxy) is 2. The average Bonchev–Trinajstić information content (AvgIpc) is 2.75. The SMILES string of the molecule is CC(N)C(=O)NC(C)c1ccc2c(c1)OCO2.Cl. The van der Waals surface area contributed by atoms with Crippen molar-refractivity contribution in [2.75, 3.05) is 6.79 Å². The first-order valence-electron chi connectivity index (χ1n) is 5.53. The zero-order valence-electron chi connectivity index (χ0n) is 10.3. The number of carbonyl (C=O) groups is 1. The van der Waals surface area contributed by atoms with Gasteiger partial charge < -0.3 is 20.5 Å². The van der Waals surface area contributed by atoms with Gasteiger partial charge in [0.2, 0.25) is 12.7 Å². The fraction of sp³-hybridized carbons (Fsp3) is 0.417. The van der Waals surface area contributed by atoms with Crippen LogP contribution in [-0.4, -0.2) is 18.7 Å². The zero-order valence-corrected chi connectivity index (χ0v) is 11.1. The van der Waals surface area contributed by atoms with Crippen LogP contribution in [0, 0.1) is 0 Å². The standard InChI is InChI=1S/C12H16N2O3.ClH/c1-7(13)12(15)14-8(2)9-3-4-10-11(5-9)17-6-16-10;/h3-5,7-8H,6,13H2,1-2H3,(H,14,15);1H. The minimum atomic E-state index is -0.508. The Kier molecular flexibility index (Phi) is 4.81. The van der Waals surface area contributed by atoms with Crippen LogP contribution < -0.4 is 20.5 Å². The molecule has 0 fully saturated rings. The van der Waals surface area contributed by atoms with Gasteiger partial charge in [0.1, 0.15) is 0 Å². The molecule has 3 N–H and O–H groups in total. The van der Waals surface area contributed by atoms with Crippen LogP contribution in [-0.2, 0) is 4.79 Å². The quantitative estimate of drug-likeness (QED) is 0.871. The van der Waals surface area contributed by atoms with Gasteiger partial charge in [-0.3, -0.25) is 4.79 Å². The van der Waals surface area contributed by atoms with E-state index in [-0.39, 0.29) is 31.1 Å². The Hall–Kier alpha value is -1.46. The third-order valence-electron chi connectivity index (χ3n) is 2.67. The van der Waals surface area contributed by atoms with Gasteiger partial charge in [-0.25, -0.2) is 0 Å². The summed E-state index contributed by atoms with van der Waals surface area (Å²) < 4.78 is 10.5. The molecule has 0 aromatic heterocycles. The van der Waals surface area contributed by atoms with E-state index in [4.69, 9.17) is 15.2 Å². The van der Waals surface area contributed by atoms with E-state index in [0.717, 1.165) is 11.3 Å². The molecule has 5 nitrogen and oxygen atoms in total. The normalized spacial score (nSPS) is 15.5. The highest BCUT2D eigenvalue weighted by molar-refractivity contribution is 5.85. The molecule has 0 saturated heterocycles. The minimum Gasteiger partial charge on any atom is -0.454 e. The van der Waals surface area contributed by atoms with Gasteiger partial charge in [0.25, 0.3) is 0 Å². The van der Waals surface area contributed by atoms with Crippen LogP contribution >= 0.6 is 12.4 Å². The Labute approximate surface area is 112 Å². The summed E-state index contributed by atoms with van der Waals surface area (Å²) in [5.41, 5.74) is 6.46. The number of hydrogen-bond donors (Lipinski definition) is 2.